The van der Waals surface area contributed by atoms with E-state index in [0.29, 0.717) is 13.1 Å². The van der Waals surface area contributed by atoms with Crippen molar-refractivity contribution >= 4 is 33.3 Å². The molecule has 4 heterocycles. The van der Waals surface area contributed by atoms with Crippen LogP contribution in [0.3, 0.4) is 0 Å². The molecule has 1 amide bonds. The molecule has 3 aromatic heterocycles. The molecule has 0 bridgehead atoms. The van der Waals surface area contributed by atoms with Gasteiger partial charge in [0.15, 0.2) is 0 Å². The van der Waals surface area contributed by atoms with Crippen LogP contribution in [0.25, 0.3) is 10.2 Å². The number of aryl methyl sites for hydroxylation is 1. The van der Waals surface area contributed by atoms with E-state index in [0.717, 1.165) is 46.9 Å². The van der Waals surface area contributed by atoms with E-state index >= 15 is 0 Å². The van der Waals surface area contributed by atoms with E-state index in [2.05, 4.69) is 26.4 Å². The predicted molar refractivity (Wildman–Crippen MR) is 92.7 cm³/mol. The van der Waals surface area contributed by atoms with Gasteiger partial charge in [-0.05, 0) is 23.9 Å². The number of amides is 1. The van der Waals surface area contributed by atoms with Crippen LogP contribution in [-0.2, 0) is 24.4 Å². The lowest BCUT2D eigenvalue weighted by molar-refractivity contribution is -0.129. The molecule has 1 aliphatic rings. The van der Waals surface area contributed by atoms with Crippen LogP contribution < -0.4 is 5.32 Å². The summed E-state index contributed by atoms with van der Waals surface area (Å²) >= 11 is 1.63. The van der Waals surface area contributed by atoms with E-state index in [-0.39, 0.29) is 5.91 Å². The molecular formula is C16H18N6OS. The van der Waals surface area contributed by atoms with E-state index < -0.39 is 0 Å². The first-order valence-corrected chi connectivity index (χ1v) is 8.82. The van der Waals surface area contributed by atoms with Crippen molar-refractivity contribution < 1.29 is 4.79 Å². The molecule has 0 radical (unpaired) electrons. The van der Waals surface area contributed by atoms with Crippen LogP contribution in [-0.4, -0.2) is 37.1 Å². The summed E-state index contributed by atoms with van der Waals surface area (Å²) in [6, 6.07) is 4.06. The van der Waals surface area contributed by atoms with Crippen LogP contribution in [0.15, 0.2) is 23.8 Å². The van der Waals surface area contributed by atoms with Crippen molar-refractivity contribution in [2.75, 3.05) is 11.9 Å². The number of nitrogens with zero attached hydrogens (tertiary/aromatic N) is 5. The highest BCUT2D eigenvalue weighted by molar-refractivity contribution is 7.17. The van der Waals surface area contributed by atoms with E-state index in [1.54, 1.807) is 24.6 Å². The first-order valence-electron chi connectivity index (χ1n) is 7.94. The minimum atomic E-state index is 0.116. The molecule has 4 rings (SSSR count). The second-order valence-corrected chi connectivity index (χ2v) is 6.77. The average Bonchev–Trinajstić information content (AvgIpc) is 3.15. The topological polar surface area (TPSA) is 75.9 Å². The highest BCUT2D eigenvalue weighted by atomic mass is 32.1. The predicted octanol–water partition coefficient (Wildman–Crippen LogP) is 2.25. The number of thiophene rings is 1. The summed E-state index contributed by atoms with van der Waals surface area (Å²) in [6.07, 6.45) is 2.51. The highest BCUT2D eigenvalue weighted by Gasteiger charge is 2.18. The Morgan fingerprint density at radius 2 is 2.29 bits per heavy atom. The Morgan fingerprint density at radius 3 is 3.17 bits per heavy atom. The molecule has 24 heavy (non-hydrogen) atoms. The summed E-state index contributed by atoms with van der Waals surface area (Å²) in [6.45, 7) is 4.50. The normalized spacial score (nSPS) is 14.5. The molecule has 0 aromatic carbocycles. The van der Waals surface area contributed by atoms with Crippen molar-refractivity contribution in [1.82, 2.24) is 24.6 Å². The van der Waals surface area contributed by atoms with Gasteiger partial charge in [-0.15, -0.1) is 11.3 Å². The maximum Gasteiger partial charge on any atom is 0.219 e. The first-order chi connectivity index (χ1) is 11.7. The number of nitrogens with one attached hydrogen (secondary N) is 1. The average molecular weight is 342 g/mol. The molecule has 7 nitrogen and oxygen atoms in total. The molecule has 8 heteroatoms. The number of fused-ring (bicyclic) bond motifs is 2. The molecule has 0 saturated carbocycles. The Kier molecular flexibility index (Phi) is 3.89. The molecule has 3 aromatic rings. The van der Waals surface area contributed by atoms with Gasteiger partial charge in [-0.1, -0.05) is 0 Å². The second-order valence-electron chi connectivity index (χ2n) is 5.86. The zero-order chi connectivity index (χ0) is 16.5. The van der Waals surface area contributed by atoms with Gasteiger partial charge in [-0.3, -0.25) is 9.48 Å². The highest BCUT2D eigenvalue weighted by Crippen LogP contribution is 2.25. The van der Waals surface area contributed by atoms with Crippen molar-refractivity contribution in [1.29, 1.82) is 0 Å². The standard InChI is InChI=1S/C16H18N6OS/c1-11(23)21-4-2-5-22-13(9-21)7-12(20-22)8-17-16-15-14(3-6-24-15)18-10-19-16/h3,6-7,10H,2,4-5,8-9H2,1H3,(H,17,18,19). The molecule has 1 aliphatic heterocycles. The minimum Gasteiger partial charge on any atom is -0.363 e. The molecule has 0 spiro atoms. The van der Waals surface area contributed by atoms with Crippen molar-refractivity contribution in [3.05, 3.63) is 35.2 Å². The molecule has 0 unspecified atom stereocenters. The van der Waals surface area contributed by atoms with Crippen molar-refractivity contribution in [2.24, 2.45) is 0 Å². The van der Waals surface area contributed by atoms with Gasteiger partial charge < -0.3 is 10.2 Å². The molecule has 124 valence electrons. The van der Waals surface area contributed by atoms with Gasteiger partial charge in [0.25, 0.3) is 0 Å². The third kappa shape index (κ3) is 2.84. The summed E-state index contributed by atoms with van der Waals surface area (Å²) in [5, 5.41) is 10.0. The fourth-order valence-corrected chi connectivity index (χ4v) is 3.78. The summed E-state index contributed by atoms with van der Waals surface area (Å²) < 4.78 is 3.07. The zero-order valence-electron chi connectivity index (χ0n) is 13.4. The summed E-state index contributed by atoms with van der Waals surface area (Å²) in [5.74, 6) is 0.953. The van der Waals surface area contributed by atoms with Crippen LogP contribution in [0.1, 0.15) is 24.7 Å². The minimum absolute atomic E-state index is 0.116. The second kappa shape index (κ2) is 6.20. The SMILES string of the molecule is CC(=O)N1CCCn2nc(CNc3ncnc4ccsc34)cc2C1. The lowest BCUT2D eigenvalue weighted by Gasteiger charge is -2.17. The van der Waals surface area contributed by atoms with Gasteiger partial charge in [-0.25, -0.2) is 9.97 Å². The molecule has 0 saturated heterocycles. The smallest absolute Gasteiger partial charge is 0.219 e. The summed E-state index contributed by atoms with van der Waals surface area (Å²) in [7, 11) is 0. The maximum absolute atomic E-state index is 11.6. The fourth-order valence-electron chi connectivity index (χ4n) is 2.97. The van der Waals surface area contributed by atoms with Gasteiger partial charge >= 0.3 is 0 Å². The van der Waals surface area contributed by atoms with Crippen molar-refractivity contribution in [2.45, 2.75) is 33.0 Å². The monoisotopic (exact) mass is 342 g/mol. The van der Waals surface area contributed by atoms with Crippen LogP contribution >= 0.6 is 11.3 Å². The number of anilines is 1. The molecule has 0 fully saturated rings. The molecule has 1 N–H and O–H groups in total. The first kappa shape index (κ1) is 15.1. The van der Waals surface area contributed by atoms with Gasteiger partial charge in [0.05, 0.1) is 34.7 Å². The number of carbonyl (C=O) groups excluding carboxylic acids is 1. The Morgan fingerprint density at radius 1 is 1.38 bits per heavy atom. The van der Waals surface area contributed by atoms with E-state index in [1.807, 2.05) is 21.0 Å². The van der Waals surface area contributed by atoms with Gasteiger partial charge in [-0.2, -0.15) is 5.10 Å². The quantitative estimate of drug-likeness (QED) is 0.790. The summed E-state index contributed by atoms with van der Waals surface area (Å²) in [4.78, 5) is 22.1. The Balaban J connectivity index is 1.51. The van der Waals surface area contributed by atoms with Gasteiger partial charge in [0, 0.05) is 20.0 Å². The third-order valence-electron chi connectivity index (χ3n) is 4.19. The van der Waals surface area contributed by atoms with Crippen LogP contribution in [0, 0.1) is 0 Å². The number of hydrogen-bond donors (Lipinski definition) is 1. The number of rotatable bonds is 3. The number of aromatic nitrogens is 4. The third-order valence-corrected chi connectivity index (χ3v) is 5.10. The van der Waals surface area contributed by atoms with Gasteiger partial charge in [0.1, 0.15) is 12.1 Å². The Labute approximate surface area is 143 Å². The molecular weight excluding hydrogens is 324 g/mol. The molecule has 0 atom stereocenters. The van der Waals surface area contributed by atoms with E-state index in [9.17, 15) is 4.79 Å². The maximum atomic E-state index is 11.6. The van der Waals surface area contributed by atoms with Crippen LogP contribution in [0.4, 0.5) is 5.82 Å². The summed E-state index contributed by atoms with van der Waals surface area (Å²) in [5.41, 5.74) is 3.00. The lowest BCUT2D eigenvalue weighted by atomic mass is 10.3. The van der Waals surface area contributed by atoms with Gasteiger partial charge in [0.2, 0.25) is 5.91 Å². The van der Waals surface area contributed by atoms with Crippen molar-refractivity contribution in [3.8, 4) is 0 Å². The Bertz CT molecular complexity index is 886. The Hall–Kier alpha value is -2.48. The lowest BCUT2D eigenvalue weighted by Crippen LogP contribution is -2.28. The fraction of sp³-hybridized carbons (Fsp3) is 0.375. The van der Waals surface area contributed by atoms with Crippen molar-refractivity contribution in [3.63, 3.8) is 0 Å². The number of carbonyl (C=O) groups is 1. The van der Waals surface area contributed by atoms with E-state index in [1.165, 1.54) is 0 Å². The molecule has 0 aliphatic carbocycles. The van der Waals surface area contributed by atoms with Crippen LogP contribution in [0.5, 0.6) is 0 Å². The van der Waals surface area contributed by atoms with Crippen LogP contribution in [0.2, 0.25) is 0 Å². The zero-order valence-corrected chi connectivity index (χ0v) is 14.2. The van der Waals surface area contributed by atoms with E-state index in [4.69, 9.17) is 0 Å². The largest absolute Gasteiger partial charge is 0.363 e. The number of hydrogen-bond acceptors (Lipinski definition) is 6.